The van der Waals surface area contributed by atoms with Gasteiger partial charge in [-0.1, -0.05) is 11.6 Å². The highest BCUT2D eigenvalue weighted by Gasteiger charge is 2.13. The zero-order chi connectivity index (χ0) is 20.7. The maximum absolute atomic E-state index is 13.6. The Bertz CT molecular complexity index is 902. The molecule has 0 aliphatic carbocycles. The van der Waals surface area contributed by atoms with E-state index in [4.69, 9.17) is 25.8 Å². The number of rotatable bonds is 8. The first-order valence-electron chi connectivity index (χ1n) is 8.02. The lowest BCUT2D eigenvalue weighted by molar-refractivity contribution is -0.149. The van der Waals surface area contributed by atoms with Crippen molar-refractivity contribution in [1.82, 2.24) is 0 Å². The number of amides is 1. The lowest BCUT2D eigenvalue weighted by atomic mass is 10.1. The van der Waals surface area contributed by atoms with Crippen LogP contribution in [0.25, 0.3) is 0 Å². The summed E-state index contributed by atoms with van der Waals surface area (Å²) in [6, 6.07) is 8.24. The molecule has 28 heavy (non-hydrogen) atoms. The van der Waals surface area contributed by atoms with E-state index in [0.717, 1.165) is 6.07 Å². The first kappa shape index (κ1) is 21.2. The van der Waals surface area contributed by atoms with Crippen LogP contribution in [0.3, 0.4) is 0 Å². The fraction of sp³-hybridized carbons (Fsp3) is 0.211. The Hall–Kier alpha value is -3.13. The number of ketones is 1. The van der Waals surface area contributed by atoms with Crippen molar-refractivity contribution >= 4 is 34.9 Å². The van der Waals surface area contributed by atoms with Crippen molar-refractivity contribution in [3.05, 3.63) is 52.8 Å². The van der Waals surface area contributed by atoms with Crippen LogP contribution >= 0.6 is 11.6 Å². The highest BCUT2D eigenvalue weighted by Crippen LogP contribution is 2.28. The molecule has 148 valence electrons. The Morgan fingerprint density at radius 2 is 1.82 bits per heavy atom. The minimum absolute atomic E-state index is 0.0861. The molecular weight excluding hydrogens is 393 g/mol. The molecule has 0 heterocycles. The maximum atomic E-state index is 13.6. The van der Waals surface area contributed by atoms with Gasteiger partial charge in [0, 0.05) is 10.6 Å². The first-order chi connectivity index (χ1) is 13.3. The summed E-state index contributed by atoms with van der Waals surface area (Å²) in [6.45, 7) is 0.302. The predicted octanol–water partition coefficient (Wildman–Crippen LogP) is 3.25. The van der Waals surface area contributed by atoms with Crippen LogP contribution in [0.5, 0.6) is 11.5 Å². The number of nitrogens with one attached hydrogen (secondary N) is 1. The average molecular weight is 410 g/mol. The van der Waals surface area contributed by atoms with Crippen LogP contribution in [0.15, 0.2) is 36.4 Å². The Labute approximate surface area is 165 Å². The molecule has 0 saturated heterocycles. The van der Waals surface area contributed by atoms with Gasteiger partial charge in [0.05, 0.1) is 12.8 Å². The van der Waals surface area contributed by atoms with Gasteiger partial charge in [-0.05, 0) is 43.3 Å². The monoisotopic (exact) mass is 409 g/mol. The second-order valence-electron chi connectivity index (χ2n) is 5.54. The Morgan fingerprint density at radius 3 is 2.46 bits per heavy atom. The minimum atomic E-state index is -0.815. The summed E-state index contributed by atoms with van der Waals surface area (Å²) in [5.74, 6) is -1.89. The fourth-order valence-corrected chi connectivity index (χ4v) is 2.27. The number of methoxy groups -OCH3 is 1. The molecule has 0 radical (unpaired) electrons. The molecule has 0 fully saturated rings. The Morgan fingerprint density at radius 1 is 1.07 bits per heavy atom. The summed E-state index contributed by atoms with van der Waals surface area (Å²) in [6.07, 6.45) is 0. The number of Topliss-reactive ketones (excluding diaryl/α,β-unsaturated/α-hetero) is 1. The number of halogens is 2. The molecule has 0 aliphatic heterocycles. The van der Waals surface area contributed by atoms with Gasteiger partial charge in [-0.25, -0.2) is 9.18 Å². The highest BCUT2D eigenvalue weighted by molar-refractivity contribution is 6.30. The SMILES string of the molecule is COc1cc(C(C)=O)ccc1OCC(=O)OCC(=O)Nc1ccc(Cl)cc1F. The molecule has 0 bridgehead atoms. The number of ether oxygens (including phenoxy) is 3. The third-order valence-corrected chi connectivity index (χ3v) is 3.72. The normalized spacial score (nSPS) is 10.1. The van der Waals surface area contributed by atoms with Crippen LogP contribution < -0.4 is 14.8 Å². The minimum Gasteiger partial charge on any atom is -0.493 e. The molecule has 1 amide bonds. The van der Waals surface area contributed by atoms with Gasteiger partial charge >= 0.3 is 5.97 Å². The number of carbonyl (C=O) groups is 3. The van der Waals surface area contributed by atoms with Crippen molar-refractivity contribution in [3.8, 4) is 11.5 Å². The summed E-state index contributed by atoms with van der Waals surface area (Å²) in [5, 5.41) is 2.45. The number of hydrogen-bond acceptors (Lipinski definition) is 6. The standard InChI is InChI=1S/C19H17ClFNO6/c1-11(23)12-3-6-16(17(7-12)26-2)27-10-19(25)28-9-18(24)22-15-5-4-13(20)8-14(15)21/h3-8H,9-10H2,1-2H3,(H,22,24). The van der Waals surface area contributed by atoms with Gasteiger partial charge < -0.3 is 19.5 Å². The number of esters is 1. The molecule has 0 atom stereocenters. The van der Waals surface area contributed by atoms with Gasteiger partial charge in [0.1, 0.15) is 5.82 Å². The van der Waals surface area contributed by atoms with E-state index < -0.39 is 30.9 Å². The molecule has 2 aromatic rings. The Kier molecular flexibility index (Phi) is 7.34. The van der Waals surface area contributed by atoms with E-state index in [1.807, 2.05) is 0 Å². The van der Waals surface area contributed by atoms with E-state index in [2.05, 4.69) is 5.32 Å². The molecule has 0 saturated carbocycles. The van der Waals surface area contributed by atoms with E-state index in [9.17, 15) is 18.8 Å². The van der Waals surface area contributed by atoms with Crippen LogP contribution in [-0.2, 0) is 14.3 Å². The number of hydrogen-bond donors (Lipinski definition) is 1. The van der Waals surface area contributed by atoms with E-state index >= 15 is 0 Å². The summed E-state index contributed by atoms with van der Waals surface area (Å²) >= 11 is 5.63. The molecule has 0 spiro atoms. The third-order valence-electron chi connectivity index (χ3n) is 3.49. The van der Waals surface area contributed by atoms with Crippen LogP contribution in [0, 0.1) is 5.82 Å². The van der Waals surface area contributed by atoms with Crippen molar-refractivity contribution in [2.45, 2.75) is 6.92 Å². The summed E-state index contributed by atoms with van der Waals surface area (Å²) in [7, 11) is 1.39. The van der Waals surface area contributed by atoms with E-state index in [1.54, 1.807) is 0 Å². The van der Waals surface area contributed by atoms with Crippen molar-refractivity contribution in [2.75, 3.05) is 25.6 Å². The highest BCUT2D eigenvalue weighted by atomic mass is 35.5. The molecule has 9 heteroatoms. The average Bonchev–Trinajstić information content (AvgIpc) is 2.66. The second kappa shape index (κ2) is 9.70. The second-order valence-corrected chi connectivity index (χ2v) is 5.98. The number of benzene rings is 2. The van der Waals surface area contributed by atoms with Crippen molar-refractivity contribution in [3.63, 3.8) is 0 Å². The summed E-state index contributed by atoms with van der Waals surface area (Å²) in [5.41, 5.74) is 0.342. The van der Waals surface area contributed by atoms with Crippen molar-refractivity contribution < 1.29 is 33.0 Å². The molecular formula is C19H17ClFNO6. The van der Waals surface area contributed by atoms with Crippen LogP contribution in [0.2, 0.25) is 5.02 Å². The van der Waals surface area contributed by atoms with Gasteiger partial charge in [-0.3, -0.25) is 9.59 Å². The van der Waals surface area contributed by atoms with Gasteiger partial charge in [0.25, 0.3) is 5.91 Å². The Balaban J connectivity index is 1.84. The fourth-order valence-electron chi connectivity index (χ4n) is 2.11. The van der Waals surface area contributed by atoms with Crippen molar-refractivity contribution in [2.24, 2.45) is 0 Å². The molecule has 7 nitrogen and oxygen atoms in total. The molecule has 2 aromatic carbocycles. The van der Waals surface area contributed by atoms with E-state index in [1.165, 1.54) is 44.4 Å². The maximum Gasteiger partial charge on any atom is 0.344 e. The van der Waals surface area contributed by atoms with Gasteiger partial charge in [0.15, 0.2) is 30.5 Å². The zero-order valence-electron chi connectivity index (χ0n) is 15.1. The van der Waals surface area contributed by atoms with Crippen LogP contribution in [-0.4, -0.2) is 38.0 Å². The molecule has 1 N–H and O–H groups in total. The molecule has 2 rings (SSSR count). The number of carbonyl (C=O) groups excluding carboxylic acids is 3. The van der Waals surface area contributed by atoms with Crippen LogP contribution in [0.1, 0.15) is 17.3 Å². The lowest BCUT2D eigenvalue weighted by Gasteiger charge is -2.11. The van der Waals surface area contributed by atoms with Crippen LogP contribution in [0.4, 0.5) is 10.1 Å². The van der Waals surface area contributed by atoms with E-state index in [0.29, 0.717) is 5.56 Å². The van der Waals surface area contributed by atoms with Gasteiger partial charge in [-0.15, -0.1) is 0 Å². The van der Waals surface area contributed by atoms with Gasteiger partial charge in [-0.2, -0.15) is 0 Å². The topological polar surface area (TPSA) is 90.9 Å². The zero-order valence-corrected chi connectivity index (χ0v) is 15.8. The molecule has 0 unspecified atom stereocenters. The quantitative estimate of drug-likeness (QED) is 0.531. The van der Waals surface area contributed by atoms with Gasteiger partial charge in [0.2, 0.25) is 0 Å². The predicted molar refractivity (Wildman–Crippen MR) is 99.5 cm³/mol. The molecule has 0 aromatic heterocycles. The third kappa shape index (κ3) is 5.95. The summed E-state index contributed by atoms with van der Waals surface area (Å²) < 4.78 is 28.8. The lowest BCUT2D eigenvalue weighted by Crippen LogP contribution is -2.24. The smallest absolute Gasteiger partial charge is 0.344 e. The first-order valence-corrected chi connectivity index (χ1v) is 8.40. The van der Waals surface area contributed by atoms with E-state index in [-0.39, 0.29) is 28.0 Å². The summed E-state index contributed by atoms with van der Waals surface area (Å²) in [4.78, 5) is 34.9. The van der Waals surface area contributed by atoms with Crippen molar-refractivity contribution in [1.29, 1.82) is 0 Å². The molecule has 0 aliphatic rings. The largest absolute Gasteiger partial charge is 0.493 e. The number of anilines is 1.